The van der Waals surface area contributed by atoms with Gasteiger partial charge in [0.25, 0.3) is 0 Å². The molecule has 2 aromatic carbocycles. The fourth-order valence-electron chi connectivity index (χ4n) is 4.02. The molecule has 1 fully saturated rings. The fourth-order valence-corrected chi connectivity index (χ4v) is 5.07. The summed E-state index contributed by atoms with van der Waals surface area (Å²) in [6.45, 7) is 5.36. The van der Waals surface area contributed by atoms with Crippen molar-refractivity contribution in [2.24, 2.45) is 0 Å². The predicted molar refractivity (Wildman–Crippen MR) is 124 cm³/mol. The third-order valence-electron chi connectivity index (χ3n) is 5.94. The van der Waals surface area contributed by atoms with Gasteiger partial charge in [-0.1, -0.05) is 47.6 Å². The number of hydrogen-bond donors (Lipinski definition) is 0. The van der Waals surface area contributed by atoms with Gasteiger partial charge in [0.1, 0.15) is 5.01 Å². The average molecular weight is 448 g/mol. The Labute approximate surface area is 190 Å². The van der Waals surface area contributed by atoms with Crippen molar-refractivity contribution in [3.8, 4) is 11.4 Å². The van der Waals surface area contributed by atoms with E-state index in [0.29, 0.717) is 24.6 Å². The monoisotopic (exact) mass is 447 g/mol. The summed E-state index contributed by atoms with van der Waals surface area (Å²) in [7, 11) is 0. The van der Waals surface area contributed by atoms with Crippen molar-refractivity contribution in [1.82, 2.24) is 24.9 Å². The molecule has 0 bridgehead atoms. The van der Waals surface area contributed by atoms with E-state index in [0.717, 1.165) is 42.3 Å². The van der Waals surface area contributed by atoms with Gasteiger partial charge in [-0.3, -0.25) is 9.69 Å². The average Bonchev–Trinajstić information content (AvgIpc) is 3.50. The Balaban J connectivity index is 1.12. The van der Waals surface area contributed by atoms with Crippen molar-refractivity contribution in [3.05, 3.63) is 65.5 Å². The Morgan fingerprint density at radius 1 is 1.03 bits per heavy atom. The van der Waals surface area contributed by atoms with Crippen LogP contribution in [0.5, 0.6) is 0 Å². The standard InChI is InChI=1S/C24H25N5O2S/c1-17(24-25-19-9-5-6-10-20(19)32-24)28-13-15-29(16-14-28)22(30)12-11-21-26-23(27-31-21)18-7-3-2-4-8-18/h2-10,17H,11-16H2,1H3. The number of thiazole rings is 1. The van der Waals surface area contributed by atoms with Crippen molar-refractivity contribution >= 4 is 27.5 Å². The molecule has 7 nitrogen and oxygen atoms in total. The maximum atomic E-state index is 12.7. The second kappa shape index (κ2) is 9.18. The number of amides is 1. The maximum Gasteiger partial charge on any atom is 0.227 e. The van der Waals surface area contributed by atoms with E-state index < -0.39 is 0 Å². The van der Waals surface area contributed by atoms with Gasteiger partial charge in [0.05, 0.1) is 16.3 Å². The minimum Gasteiger partial charge on any atom is -0.340 e. The number of aromatic nitrogens is 3. The predicted octanol–water partition coefficient (Wildman–Crippen LogP) is 4.18. The number of benzene rings is 2. The van der Waals surface area contributed by atoms with Crippen molar-refractivity contribution < 1.29 is 9.32 Å². The van der Waals surface area contributed by atoms with E-state index in [1.54, 1.807) is 11.3 Å². The van der Waals surface area contributed by atoms with Crippen LogP contribution in [-0.2, 0) is 11.2 Å². The molecular formula is C24H25N5O2S. The number of carbonyl (C=O) groups excluding carboxylic acids is 1. The molecule has 32 heavy (non-hydrogen) atoms. The zero-order chi connectivity index (χ0) is 21.9. The molecule has 8 heteroatoms. The van der Waals surface area contributed by atoms with Crippen LogP contribution < -0.4 is 0 Å². The van der Waals surface area contributed by atoms with Crippen LogP contribution in [0.3, 0.4) is 0 Å². The van der Waals surface area contributed by atoms with Crippen LogP contribution >= 0.6 is 11.3 Å². The molecule has 0 radical (unpaired) electrons. The number of rotatable bonds is 6. The van der Waals surface area contributed by atoms with Crippen molar-refractivity contribution in [1.29, 1.82) is 0 Å². The quantitative estimate of drug-likeness (QED) is 0.441. The molecule has 1 aliphatic heterocycles. The fraction of sp³-hybridized carbons (Fsp3) is 0.333. The summed E-state index contributed by atoms with van der Waals surface area (Å²) in [5, 5.41) is 5.16. The van der Waals surface area contributed by atoms with Gasteiger partial charge in [0.15, 0.2) is 0 Å². The normalized spacial score (nSPS) is 15.8. The van der Waals surface area contributed by atoms with Crippen LogP contribution in [0, 0.1) is 0 Å². The molecule has 0 aliphatic carbocycles. The van der Waals surface area contributed by atoms with Crippen LogP contribution in [0.25, 0.3) is 21.6 Å². The lowest BCUT2D eigenvalue weighted by Crippen LogP contribution is -2.49. The molecule has 1 amide bonds. The molecule has 1 atom stereocenters. The van der Waals surface area contributed by atoms with Crippen LogP contribution in [0.1, 0.15) is 30.3 Å². The highest BCUT2D eigenvalue weighted by Gasteiger charge is 2.26. The number of hydrogen-bond acceptors (Lipinski definition) is 7. The van der Waals surface area contributed by atoms with Crippen molar-refractivity contribution in [3.63, 3.8) is 0 Å². The third-order valence-corrected chi connectivity index (χ3v) is 7.14. The second-order valence-electron chi connectivity index (χ2n) is 7.99. The highest BCUT2D eigenvalue weighted by molar-refractivity contribution is 7.18. The van der Waals surface area contributed by atoms with Gasteiger partial charge in [0.2, 0.25) is 17.6 Å². The molecule has 1 saturated heterocycles. The van der Waals surface area contributed by atoms with Gasteiger partial charge in [0, 0.05) is 44.6 Å². The first-order chi connectivity index (χ1) is 15.7. The van der Waals surface area contributed by atoms with E-state index in [2.05, 4.69) is 40.2 Å². The summed E-state index contributed by atoms with van der Waals surface area (Å²) in [4.78, 5) is 26.3. The number of para-hydroxylation sites is 1. The molecule has 0 N–H and O–H groups in total. The first-order valence-corrected chi connectivity index (χ1v) is 11.7. The lowest BCUT2D eigenvalue weighted by Gasteiger charge is -2.37. The zero-order valence-corrected chi connectivity index (χ0v) is 18.8. The Hall–Kier alpha value is -3.10. The van der Waals surface area contributed by atoms with Gasteiger partial charge in [-0.15, -0.1) is 11.3 Å². The van der Waals surface area contributed by atoms with Crippen LogP contribution in [0.2, 0.25) is 0 Å². The molecule has 2 aromatic heterocycles. The topological polar surface area (TPSA) is 75.4 Å². The molecule has 0 spiro atoms. The van der Waals surface area contributed by atoms with E-state index >= 15 is 0 Å². The van der Waals surface area contributed by atoms with E-state index in [1.807, 2.05) is 41.3 Å². The number of aryl methyl sites for hydroxylation is 1. The third kappa shape index (κ3) is 4.42. The molecule has 164 valence electrons. The van der Waals surface area contributed by atoms with Crippen molar-refractivity contribution in [2.75, 3.05) is 26.2 Å². The lowest BCUT2D eigenvalue weighted by molar-refractivity contribution is -0.133. The second-order valence-corrected chi connectivity index (χ2v) is 9.05. The van der Waals surface area contributed by atoms with Crippen LogP contribution in [0.4, 0.5) is 0 Å². The van der Waals surface area contributed by atoms with E-state index in [1.165, 1.54) is 4.70 Å². The van der Waals surface area contributed by atoms with Crippen LogP contribution in [-0.4, -0.2) is 57.0 Å². The number of fused-ring (bicyclic) bond motifs is 1. The van der Waals surface area contributed by atoms with Gasteiger partial charge in [-0.2, -0.15) is 4.98 Å². The van der Waals surface area contributed by atoms with Crippen LogP contribution in [0.15, 0.2) is 59.1 Å². The van der Waals surface area contributed by atoms with E-state index in [4.69, 9.17) is 9.51 Å². The van der Waals surface area contributed by atoms with Gasteiger partial charge in [-0.25, -0.2) is 4.98 Å². The highest BCUT2D eigenvalue weighted by atomic mass is 32.1. The van der Waals surface area contributed by atoms with E-state index in [-0.39, 0.29) is 11.9 Å². The Morgan fingerprint density at radius 3 is 2.56 bits per heavy atom. The maximum absolute atomic E-state index is 12.7. The van der Waals surface area contributed by atoms with E-state index in [9.17, 15) is 4.79 Å². The minimum absolute atomic E-state index is 0.136. The number of nitrogens with zero attached hydrogens (tertiary/aromatic N) is 5. The summed E-state index contributed by atoms with van der Waals surface area (Å²) in [6, 6.07) is 18.2. The smallest absolute Gasteiger partial charge is 0.227 e. The molecule has 3 heterocycles. The number of piperazine rings is 1. The largest absolute Gasteiger partial charge is 0.340 e. The number of carbonyl (C=O) groups is 1. The SMILES string of the molecule is CC(c1nc2ccccc2s1)N1CCN(C(=O)CCc2nc(-c3ccccc3)no2)CC1. The summed E-state index contributed by atoms with van der Waals surface area (Å²) >= 11 is 1.76. The summed E-state index contributed by atoms with van der Waals surface area (Å²) < 4.78 is 6.56. The molecule has 4 aromatic rings. The summed E-state index contributed by atoms with van der Waals surface area (Å²) in [5.41, 5.74) is 1.97. The molecule has 1 unspecified atom stereocenters. The van der Waals surface area contributed by atoms with Gasteiger partial charge >= 0.3 is 0 Å². The Morgan fingerprint density at radius 2 is 1.78 bits per heavy atom. The Bertz CT molecular complexity index is 1160. The minimum atomic E-state index is 0.136. The first kappa shape index (κ1) is 20.8. The highest BCUT2D eigenvalue weighted by Crippen LogP contribution is 2.30. The lowest BCUT2D eigenvalue weighted by atomic mass is 10.2. The molecule has 0 saturated carbocycles. The Kier molecular flexibility index (Phi) is 5.96. The molecular weight excluding hydrogens is 422 g/mol. The molecule has 5 rings (SSSR count). The van der Waals surface area contributed by atoms with Gasteiger partial charge < -0.3 is 9.42 Å². The zero-order valence-electron chi connectivity index (χ0n) is 18.0. The molecule has 1 aliphatic rings. The van der Waals surface area contributed by atoms with Crippen molar-refractivity contribution in [2.45, 2.75) is 25.8 Å². The van der Waals surface area contributed by atoms with Gasteiger partial charge in [-0.05, 0) is 19.1 Å². The summed E-state index contributed by atoms with van der Waals surface area (Å²) in [6.07, 6.45) is 0.838. The first-order valence-electron chi connectivity index (χ1n) is 10.9. The summed E-state index contributed by atoms with van der Waals surface area (Å²) in [5.74, 6) is 1.20.